The maximum atomic E-state index is 13.5. The van der Waals surface area contributed by atoms with Crippen LogP contribution < -0.4 is 10.6 Å². The number of halogens is 2. The Hall–Kier alpha value is -3.08. The number of hydrogen-bond acceptors (Lipinski definition) is 7. The number of aromatic nitrogens is 2. The molecule has 0 bridgehead atoms. The number of anilines is 2. The molecule has 1 aliphatic heterocycles. The smallest absolute Gasteiger partial charge is 0.246 e. The second-order valence-corrected chi connectivity index (χ2v) is 9.48. The van der Waals surface area contributed by atoms with Gasteiger partial charge in [-0.05, 0) is 30.2 Å². The van der Waals surface area contributed by atoms with Crippen LogP contribution in [0.15, 0.2) is 36.7 Å². The van der Waals surface area contributed by atoms with E-state index in [-0.39, 0.29) is 23.4 Å². The summed E-state index contributed by atoms with van der Waals surface area (Å²) in [7, 11) is 3.40. The summed E-state index contributed by atoms with van der Waals surface area (Å²) < 4.78 is 13.5. The molecule has 1 aromatic carbocycles. The van der Waals surface area contributed by atoms with Crippen molar-refractivity contribution in [2.24, 2.45) is 0 Å². The predicted molar refractivity (Wildman–Crippen MR) is 132 cm³/mol. The van der Waals surface area contributed by atoms with E-state index in [1.54, 1.807) is 31.1 Å². The average Bonchev–Trinajstić information content (AvgIpc) is 3.19. The van der Waals surface area contributed by atoms with E-state index in [1.807, 2.05) is 0 Å². The van der Waals surface area contributed by atoms with Crippen LogP contribution in [0.3, 0.4) is 0 Å². The number of amides is 2. The second-order valence-electron chi connectivity index (χ2n) is 7.99. The van der Waals surface area contributed by atoms with Crippen molar-refractivity contribution in [3.8, 4) is 0 Å². The molecular weight excluding hydrogens is 479 g/mol. The standard InChI is InChI=1S/C23H24ClFN6O2S/c1-30(2)20(33)11-26-8-3-4-19(32)31-9-7-15-18(12-31)34-23-21(15)22(27-13-28-23)29-14-5-6-17(25)16(24)10-14/h3-6,10,13,26H,7-9,11-12H2,1-2H3,(H,27,28,29)/b4-3+. The quantitative estimate of drug-likeness (QED) is 0.380. The molecule has 0 unspecified atom stereocenters. The van der Waals surface area contributed by atoms with E-state index >= 15 is 0 Å². The van der Waals surface area contributed by atoms with Crippen LogP contribution in [0.5, 0.6) is 0 Å². The van der Waals surface area contributed by atoms with Crippen LogP contribution in [-0.2, 0) is 22.6 Å². The third-order valence-corrected chi connectivity index (χ3v) is 6.84. The van der Waals surface area contributed by atoms with Gasteiger partial charge in [-0.15, -0.1) is 11.3 Å². The Morgan fingerprint density at radius 1 is 1.32 bits per heavy atom. The Balaban J connectivity index is 1.44. The first-order valence-corrected chi connectivity index (χ1v) is 11.9. The van der Waals surface area contributed by atoms with Gasteiger partial charge in [0.05, 0.1) is 23.5 Å². The normalized spacial score (nSPS) is 13.4. The SMILES string of the molecule is CN(C)C(=O)CNC/C=C/C(=O)N1CCc2c(sc3ncnc(Nc4ccc(F)c(Cl)c4)c23)C1. The van der Waals surface area contributed by atoms with E-state index < -0.39 is 5.82 Å². The number of rotatable bonds is 7. The molecule has 3 aromatic rings. The molecule has 0 aliphatic carbocycles. The molecule has 2 aromatic heterocycles. The van der Waals surface area contributed by atoms with Crippen molar-refractivity contribution in [3.63, 3.8) is 0 Å². The third-order valence-electron chi connectivity index (χ3n) is 5.43. The van der Waals surface area contributed by atoms with Crippen LogP contribution in [0.25, 0.3) is 10.2 Å². The molecule has 11 heteroatoms. The zero-order valence-corrected chi connectivity index (χ0v) is 20.3. The fraction of sp³-hybridized carbons (Fsp3) is 0.304. The minimum atomic E-state index is -0.482. The molecule has 0 saturated carbocycles. The number of carbonyl (C=O) groups excluding carboxylic acids is 2. The molecule has 178 valence electrons. The molecule has 8 nitrogen and oxygen atoms in total. The van der Waals surface area contributed by atoms with Gasteiger partial charge in [-0.2, -0.15) is 0 Å². The van der Waals surface area contributed by atoms with Gasteiger partial charge in [0.25, 0.3) is 0 Å². The predicted octanol–water partition coefficient (Wildman–Crippen LogP) is 3.35. The summed E-state index contributed by atoms with van der Waals surface area (Å²) in [5.41, 5.74) is 1.75. The number of nitrogens with one attached hydrogen (secondary N) is 2. The van der Waals surface area contributed by atoms with Gasteiger partial charge >= 0.3 is 0 Å². The average molecular weight is 503 g/mol. The van der Waals surface area contributed by atoms with E-state index in [4.69, 9.17) is 11.6 Å². The maximum absolute atomic E-state index is 13.5. The molecule has 0 saturated heterocycles. The van der Waals surface area contributed by atoms with E-state index in [9.17, 15) is 14.0 Å². The van der Waals surface area contributed by atoms with E-state index in [2.05, 4.69) is 20.6 Å². The number of thiophene rings is 1. The topological polar surface area (TPSA) is 90.5 Å². The minimum absolute atomic E-state index is 0.0208. The number of nitrogens with zero attached hydrogens (tertiary/aromatic N) is 4. The van der Waals surface area contributed by atoms with Crippen LogP contribution >= 0.6 is 22.9 Å². The first-order valence-electron chi connectivity index (χ1n) is 10.7. The van der Waals surface area contributed by atoms with Crippen molar-refractivity contribution in [1.82, 2.24) is 25.1 Å². The van der Waals surface area contributed by atoms with Crippen LogP contribution in [0, 0.1) is 5.82 Å². The number of carbonyl (C=O) groups is 2. The lowest BCUT2D eigenvalue weighted by Gasteiger charge is -2.26. The molecular formula is C23H24ClFN6O2S. The number of benzene rings is 1. The van der Waals surface area contributed by atoms with Crippen LogP contribution in [-0.4, -0.2) is 65.3 Å². The Morgan fingerprint density at radius 3 is 2.91 bits per heavy atom. The van der Waals surface area contributed by atoms with Crippen LogP contribution in [0.1, 0.15) is 10.4 Å². The fourth-order valence-corrected chi connectivity index (χ4v) is 4.99. The van der Waals surface area contributed by atoms with Gasteiger partial charge < -0.3 is 20.4 Å². The summed E-state index contributed by atoms with van der Waals surface area (Å²) >= 11 is 7.45. The monoisotopic (exact) mass is 502 g/mol. The first-order chi connectivity index (χ1) is 16.3. The summed E-state index contributed by atoms with van der Waals surface area (Å²) in [6, 6.07) is 4.42. The number of fused-ring (bicyclic) bond motifs is 3. The van der Waals surface area contributed by atoms with Crippen molar-refractivity contribution in [2.45, 2.75) is 13.0 Å². The van der Waals surface area contributed by atoms with Gasteiger partial charge in [0.2, 0.25) is 11.8 Å². The van der Waals surface area contributed by atoms with Crippen molar-refractivity contribution in [3.05, 3.63) is 58.0 Å². The van der Waals surface area contributed by atoms with E-state index in [0.29, 0.717) is 37.6 Å². The van der Waals surface area contributed by atoms with Gasteiger partial charge in [-0.3, -0.25) is 9.59 Å². The molecule has 2 amide bonds. The van der Waals surface area contributed by atoms with E-state index in [0.717, 1.165) is 20.7 Å². The van der Waals surface area contributed by atoms with Gasteiger partial charge in [-0.1, -0.05) is 17.7 Å². The van der Waals surface area contributed by atoms with Crippen LogP contribution in [0.2, 0.25) is 5.02 Å². The van der Waals surface area contributed by atoms with Gasteiger partial charge in [0.1, 0.15) is 22.8 Å². The van der Waals surface area contributed by atoms with Crippen molar-refractivity contribution >= 4 is 56.5 Å². The van der Waals surface area contributed by atoms with Crippen LogP contribution in [0.4, 0.5) is 15.9 Å². The first kappa shape index (κ1) is 24.1. The van der Waals surface area contributed by atoms with E-state index in [1.165, 1.54) is 40.8 Å². The summed E-state index contributed by atoms with van der Waals surface area (Å²) in [6.07, 6.45) is 5.43. The molecule has 1 aliphatic rings. The second kappa shape index (κ2) is 10.5. The summed E-state index contributed by atoms with van der Waals surface area (Å²) in [4.78, 5) is 38.2. The highest BCUT2D eigenvalue weighted by Crippen LogP contribution is 2.38. The maximum Gasteiger partial charge on any atom is 0.246 e. The van der Waals surface area contributed by atoms with Crippen molar-refractivity contribution < 1.29 is 14.0 Å². The Kier molecular flexibility index (Phi) is 7.40. The number of hydrogen-bond donors (Lipinski definition) is 2. The highest BCUT2D eigenvalue weighted by Gasteiger charge is 2.25. The highest BCUT2D eigenvalue weighted by molar-refractivity contribution is 7.19. The highest BCUT2D eigenvalue weighted by atomic mass is 35.5. The minimum Gasteiger partial charge on any atom is -0.348 e. The Labute approximate surface area is 205 Å². The van der Waals surface area contributed by atoms with Gasteiger partial charge in [0.15, 0.2) is 0 Å². The Morgan fingerprint density at radius 2 is 2.15 bits per heavy atom. The molecule has 2 N–H and O–H groups in total. The zero-order chi connectivity index (χ0) is 24.2. The molecule has 0 atom stereocenters. The van der Waals surface area contributed by atoms with Crippen molar-refractivity contribution in [1.29, 1.82) is 0 Å². The Bertz CT molecular complexity index is 1260. The summed E-state index contributed by atoms with van der Waals surface area (Å²) in [6.45, 7) is 1.73. The lowest BCUT2D eigenvalue weighted by atomic mass is 10.0. The molecule has 34 heavy (non-hydrogen) atoms. The lowest BCUT2D eigenvalue weighted by Crippen LogP contribution is -2.34. The third kappa shape index (κ3) is 5.35. The van der Waals surface area contributed by atoms with Gasteiger partial charge in [-0.25, -0.2) is 14.4 Å². The largest absolute Gasteiger partial charge is 0.348 e. The molecule has 4 rings (SSSR count). The summed E-state index contributed by atoms with van der Waals surface area (Å²) in [5, 5.41) is 7.16. The molecule has 0 spiro atoms. The zero-order valence-electron chi connectivity index (χ0n) is 18.8. The number of likely N-dealkylation sites (N-methyl/N-ethyl adjacent to an activating group) is 1. The summed E-state index contributed by atoms with van der Waals surface area (Å²) in [5.74, 6) is 0.0505. The van der Waals surface area contributed by atoms with Crippen molar-refractivity contribution in [2.75, 3.05) is 39.0 Å². The molecule has 3 heterocycles. The molecule has 0 fully saturated rings. The van der Waals surface area contributed by atoms with Gasteiger partial charge in [0, 0.05) is 43.8 Å². The molecule has 0 radical (unpaired) electrons. The lowest BCUT2D eigenvalue weighted by molar-refractivity contribution is -0.128. The fourth-order valence-electron chi connectivity index (χ4n) is 3.61.